The predicted molar refractivity (Wildman–Crippen MR) is 78.9 cm³/mol. The van der Waals surface area contributed by atoms with Crippen molar-refractivity contribution in [3.05, 3.63) is 15.8 Å². The Balaban J connectivity index is 1.72. The highest BCUT2D eigenvalue weighted by Gasteiger charge is 2.54. The van der Waals surface area contributed by atoms with Gasteiger partial charge in [-0.25, -0.2) is 4.79 Å². The maximum absolute atomic E-state index is 12.3. The fourth-order valence-corrected chi connectivity index (χ4v) is 4.37. The second-order valence-corrected chi connectivity index (χ2v) is 6.70. The number of likely N-dealkylation sites (tertiary alicyclic amines) is 1. The van der Waals surface area contributed by atoms with E-state index in [2.05, 4.69) is 5.32 Å². The Hall–Kier alpha value is -1.27. The van der Waals surface area contributed by atoms with Crippen LogP contribution >= 0.6 is 22.9 Å². The number of primary amides is 1. The third-order valence-electron chi connectivity index (χ3n) is 4.50. The number of thiophene rings is 1. The van der Waals surface area contributed by atoms with Crippen LogP contribution in [0.15, 0.2) is 10.8 Å². The van der Waals surface area contributed by atoms with Crippen molar-refractivity contribution >= 4 is 40.6 Å². The van der Waals surface area contributed by atoms with Gasteiger partial charge >= 0.3 is 6.03 Å². The van der Waals surface area contributed by atoms with Gasteiger partial charge in [-0.15, -0.1) is 11.3 Å². The first kappa shape index (κ1) is 13.7. The van der Waals surface area contributed by atoms with Crippen LogP contribution in [0.5, 0.6) is 0 Å². The monoisotopic (exact) mass is 313 g/mol. The maximum Gasteiger partial charge on any atom is 0.321 e. The number of carbonyl (C=O) groups is 2. The van der Waals surface area contributed by atoms with Crippen LogP contribution in [-0.2, 0) is 4.79 Å². The Bertz CT molecular complexity index is 562. The normalized spacial score (nSPS) is 28.4. The summed E-state index contributed by atoms with van der Waals surface area (Å²) in [6, 6.07) is -0.208. The quantitative estimate of drug-likeness (QED) is 0.880. The van der Waals surface area contributed by atoms with E-state index >= 15 is 0 Å². The van der Waals surface area contributed by atoms with Crippen molar-refractivity contribution in [2.24, 2.45) is 17.1 Å². The lowest BCUT2D eigenvalue weighted by Crippen LogP contribution is -2.42. The Morgan fingerprint density at radius 3 is 2.90 bits per heavy atom. The molecule has 3 N–H and O–H groups in total. The number of anilines is 1. The van der Waals surface area contributed by atoms with Crippen molar-refractivity contribution in [3.8, 4) is 0 Å². The molecule has 20 heavy (non-hydrogen) atoms. The molecule has 2 fully saturated rings. The van der Waals surface area contributed by atoms with Gasteiger partial charge in [0.05, 0.1) is 16.1 Å². The number of urea groups is 1. The summed E-state index contributed by atoms with van der Waals surface area (Å²) in [6.07, 6.45) is 2.77. The zero-order valence-electron chi connectivity index (χ0n) is 10.9. The number of nitrogens with two attached hydrogens (primary N) is 1. The van der Waals surface area contributed by atoms with Crippen LogP contribution in [-0.4, -0.2) is 29.9 Å². The topological polar surface area (TPSA) is 75.4 Å². The van der Waals surface area contributed by atoms with Crippen LogP contribution < -0.4 is 11.1 Å². The number of rotatable bonds is 2. The van der Waals surface area contributed by atoms with E-state index in [1.807, 2.05) is 0 Å². The third-order valence-corrected chi connectivity index (χ3v) is 5.69. The SMILES string of the molecule is NC(=O)[C@]12CCC[C@H]1CN(C(=O)Nc1cscc1Cl)C2. The molecule has 1 aliphatic heterocycles. The lowest BCUT2D eigenvalue weighted by molar-refractivity contribution is -0.128. The van der Waals surface area contributed by atoms with Gasteiger partial charge in [0.1, 0.15) is 0 Å². The minimum Gasteiger partial charge on any atom is -0.369 e. The molecule has 2 heterocycles. The highest BCUT2D eigenvalue weighted by atomic mass is 35.5. The number of nitrogens with one attached hydrogen (secondary N) is 1. The molecule has 5 nitrogen and oxygen atoms in total. The third kappa shape index (κ3) is 2.07. The summed E-state index contributed by atoms with van der Waals surface area (Å²) < 4.78 is 0. The van der Waals surface area contributed by atoms with Crippen LogP contribution in [0.2, 0.25) is 5.02 Å². The van der Waals surface area contributed by atoms with Crippen molar-refractivity contribution in [1.82, 2.24) is 4.90 Å². The van der Waals surface area contributed by atoms with E-state index in [0.29, 0.717) is 23.8 Å². The van der Waals surface area contributed by atoms with Gasteiger partial charge in [0.25, 0.3) is 0 Å². The van der Waals surface area contributed by atoms with Crippen LogP contribution in [0.3, 0.4) is 0 Å². The second kappa shape index (κ2) is 4.93. The molecule has 2 atom stereocenters. The largest absolute Gasteiger partial charge is 0.369 e. The Morgan fingerprint density at radius 1 is 1.50 bits per heavy atom. The molecule has 1 aromatic rings. The summed E-state index contributed by atoms with van der Waals surface area (Å²) in [5.74, 6) is -0.0763. The van der Waals surface area contributed by atoms with Crippen molar-refractivity contribution in [3.63, 3.8) is 0 Å². The second-order valence-electron chi connectivity index (χ2n) is 5.55. The first-order valence-electron chi connectivity index (χ1n) is 6.60. The number of fused-ring (bicyclic) bond motifs is 1. The average Bonchev–Trinajstić information content (AvgIpc) is 3.03. The van der Waals surface area contributed by atoms with Crippen molar-refractivity contribution in [2.75, 3.05) is 18.4 Å². The Labute approximate surface area is 126 Å². The van der Waals surface area contributed by atoms with Crippen molar-refractivity contribution in [2.45, 2.75) is 19.3 Å². The molecule has 0 radical (unpaired) electrons. The fourth-order valence-electron chi connectivity index (χ4n) is 3.41. The molecule has 7 heteroatoms. The summed E-state index contributed by atoms with van der Waals surface area (Å²) in [5.41, 5.74) is 5.68. The first-order valence-corrected chi connectivity index (χ1v) is 7.92. The first-order chi connectivity index (χ1) is 9.53. The molecule has 108 valence electrons. The highest BCUT2D eigenvalue weighted by Crippen LogP contribution is 2.48. The average molecular weight is 314 g/mol. The predicted octanol–water partition coefficient (Wildman–Crippen LogP) is 2.52. The number of hydrogen-bond acceptors (Lipinski definition) is 3. The molecule has 3 rings (SSSR count). The lowest BCUT2D eigenvalue weighted by atomic mass is 9.80. The molecule has 1 saturated heterocycles. The van der Waals surface area contributed by atoms with Gasteiger partial charge in [-0.05, 0) is 18.8 Å². The van der Waals surface area contributed by atoms with E-state index < -0.39 is 5.41 Å². The molecule has 0 aromatic carbocycles. The van der Waals surface area contributed by atoms with Crippen LogP contribution in [0.1, 0.15) is 19.3 Å². The van der Waals surface area contributed by atoms with Gasteiger partial charge in [-0.2, -0.15) is 0 Å². The van der Waals surface area contributed by atoms with Crippen molar-refractivity contribution < 1.29 is 9.59 Å². The fraction of sp³-hybridized carbons (Fsp3) is 0.538. The van der Waals surface area contributed by atoms with E-state index in [9.17, 15) is 9.59 Å². The van der Waals surface area contributed by atoms with Crippen LogP contribution in [0.4, 0.5) is 10.5 Å². The van der Waals surface area contributed by atoms with E-state index in [-0.39, 0.29) is 17.9 Å². The molecule has 0 spiro atoms. The molecule has 1 aromatic heterocycles. The summed E-state index contributed by atoms with van der Waals surface area (Å²) in [6.45, 7) is 1.01. The number of nitrogens with zero attached hydrogens (tertiary/aromatic N) is 1. The van der Waals surface area contributed by atoms with E-state index in [1.165, 1.54) is 11.3 Å². The van der Waals surface area contributed by atoms with Crippen molar-refractivity contribution in [1.29, 1.82) is 0 Å². The van der Waals surface area contributed by atoms with Crippen LogP contribution in [0, 0.1) is 11.3 Å². The number of halogens is 1. The molecule has 2 aliphatic rings. The minimum absolute atomic E-state index is 0.198. The molecule has 0 bridgehead atoms. The lowest BCUT2D eigenvalue weighted by Gasteiger charge is -2.24. The highest BCUT2D eigenvalue weighted by molar-refractivity contribution is 7.09. The van der Waals surface area contributed by atoms with Gasteiger partial charge in [-0.3, -0.25) is 4.79 Å². The van der Waals surface area contributed by atoms with Gasteiger partial charge < -0.3 is 16.0 Å². The number of amides is 3. The maximum atomic E-state index is 12.3. The smallest absolute Gasteiger partial charge is 0.321 e. The molecular formula is C13H16ClN3O2S. The number of hydrogen-bond donors (Lipinski definition) is 2. The summed E-state index contributed by atoms with van der Waals surface area (Å²) in [4.78, 5) is 25.7. The molecule has 3 amide bonds. The Kier molecular flexibility index (Phi) is 3.38. The molecular weight excluding hydrogens is 298 g/mol. The van der Waals surface area contributed by atoms with Gasteiger partial charge in [0.2, 0.25) is 5.91 Å². The number of carbonyl (C=O) groups excluding carboxylic acids is 2. The van der Waals surface area contributed by atoms with Gasteiger partial charge in [-0.1, -0.05) is 18.0 Å². The Morgan fingerprint density at radius 2 is 2.30 bits per heavy atom. The standard InChI is InChI=1S/C13H16ClN3O2S/c14-9-5-20-6-10(9)16-12(19)17-4-8-2-1-3-13(8,7-17)11(15)18/h5-6,8H,1-4,7H2,(H2,15,18)(H,16,19)/t8-,13-/m0/s1. The van der Waals surface area contributed by atoms with E-state index in [4.69, 9.17) is 17.3 Å². The van der Waals surface area contributed by atoms with Gasteiger partial charge in [0, 0.05) is 23.8 Å². The summed E-state index contributed by atoms with van der Waals surface area (Å²) >= 11 is 7.40. The molecule has 1 aliphatic carbocycles. The summed E-state index contributed by atoms with van der Waals surface area (Å²) in [5, 5.41) is 6.88. The molecule has 1 saturated carbocycles. The van der Waals surface area contributed by atoms with Gasteiger partial charge in [0.15, 0.2) is 0 Å². The summed E-state index contributed by atoms with van der Waals surface area (Å²) in [7, 11) is 0. The zero-order chi connectivity index (χ0) is 14.3. The zero-order valence-corrected chi connectivity index (χ0v) is 12.5. The molecule has 0 unspecified atom stereocenters. The van der Waals surface area contributed by atoms with Crippen LogP contribution in [0.25, 0.3) is 0 Å². The minimum atomic E-state index is -0.518. The van der Waals surface area contributed by atoms with E-state index in [0.717, 1.165) is 19.3 Å². The van der Waals surface area contributed by atoms with E-state index in [1.54, 1.807) is 15.7 Å².